The molecule has 2 N–H and O–H groups in total. The van der Waals surface area contributed by atoms with Gasteiger partial charge in [-0.2, -0.15) is 0 Å². The number of anilines is 1. The quantitative estimate of drug-likeness (QED) is 0.268. The van der Waals surface area contributed by atoms with Crippen molar-refractivity contribution in [1.82, 2.24) is 5.32 Å². The molecule has 1 saturated heterocycles. The number of carbonyl (C=O) groups is 2. The highest BCUT2D eigenvalue weighted by Crippen LogP contribution is 2.32. The summed E-state index contributed by atoms with van der Waals surface area (Å²) in [5.74, 6) is -2.17. The molecule has 2 aromatic carbocycles. The Morgan fingerprint density at radius 1 is 1.19 bits per heavy atom. The van der Waals surface area contributed by atoms with Crippen molar-refractivity contribution in [3.8, 4) is 5.75 Å². The molecule has 0 aliphatic carbocycles. The van der Waals surface area contributed by atoms with Gasteiger partial charge in [0.1, 0.15) is 5.57 Å². The summed E-state index contributed by atoms with van der Waals surface area (Å²) in [5, 5.41) is 23.7. The molecule has 1 fully saturated rings. The number of aromatic hydroxyl groups is 1. The van der Waals surface area contributed by atoms with E-state index in [2.05, 4.69) is 5.32 Å². The topological polar surface area (TPSA) is 113 Å². The van der Waals surface area contributed by atoms with Crippen LogP contribution in [-0.4, -0.2) is 27.0 Å². The summed E-state index contributed by atoms with van der Waals surface area (Å²) in [5.41, 5.74) is -0.553. The number of hydrogen-bond acceptors (Lipinski definition) is 6. The number of rotatable bonds is 3. The van der Waals surface area contributed by atoms with E-state index in [1.165, 1.54) is 12.1 Å². The van der Waals surface area contributed by atoms with Crippen molar-refractivity contribution < 1.29 is 19.6 Å². The largest absolute Gasteiger partial charge is 0.502 e. The number of halogens is 1. The van der Waals surface area contributed by atoms with Crippen LogP contribution in [0.15, 0.2) is 48.0 Å². The maximum absolute atomic E-state index is 12.8. The molecule has 2 amide bonds. The first-order valence-electron chi connectivity index (χ1n) is 7.43. The fourth-order valence-electron chi connectivity index (χ4n) is 2.45. The van der Waals surface area contributed by atoms with Crippen molar-refractivity contribution in [3.05, 3.63) is 68.7 Å². The molecule has 0 unspecified atom stereocenters. The number of nitro groups is 1. The zero-order valence-electron chi connectivity index (χ0n) is 13.4. The van der Waals surface area contributed by atoms with E-state index in [-0.39, 0.29) is 16.2 Å². The third-order valence-electron chi connectivity index (χ3n) is 3.73. The summed E-state index contributed by atoms with van der Waals surface area (Å²) < 4.78 is 0. The molecular formula is C17H10ClN3O5S. The predicted molar refractivity (Wildman–Crippen MR) is 102 cm³/mol. The number of nitro benzene ring substituents is 1. The standard InChI is InChI=1S/C17H10ClN3O5S/c18-10-4-6-11(7-5-10)20-16(24)12(15(23)19-17(20)27)8-9-2-1-3-13(14(9)22)21(25)26/h1-8,22H,(H,19,23,27)/b12-8+. The number of hydrogen-bond donors (Lipinski definition) is 2. The third kappa shape index (κ3) is 3.50. The number of amides is 2. The lowest BCUT2D eigenvalue weighted by Crippen LogP contribution is -2.54. The van der Waals surface area contributed by atoms with Crippen molar-refractivity contribution in [2.24, 2.45) is 0 Å². The Balaban J connectivity index is 2.06. The van der Waals surface area contributed by atoms with Gasteiger partial charge in [0.2, 0.25) is 5.75 Å². The van der Waals surface area contributed by atoms with Gasteiger partial charge in [-0.15, -0.1) is 0 Å². The minimum atomic E-state index is -0.777. The number of carbonyl (C=O) groups excluding carboxylic acids is 2. The van der Waals surface area contributed by atoms with Crippen molar-refractivity contribution >= 4 is 58.2 Å². The van der Waals surface area contributed by atoms with Crippen LogP contribution in [0.3, 0.4) is 0 Å². The van der Waals surface area contributed by atoms with E-state index in [0.29, 0.717) is 10.7 Å². The highest BCUT2D eigenvalue weighted by Gasteiger charge is 2.34. The first kappa shape index (κ1) is 18.5. The lowest BCUT2D eigenvalue weighted by atomic mass is 10.1. The molecule has 10 heteroatoms. The Bertz CT molecular complexity index is 1020. The molecule has 0 bridgehead atoms. The van der Waals surface area contributed by atoms with Gasteiger partial charge in [0, 0.05) is 16.7 Å². The van der Waals surface area contributed by atoms with Crippen LogP contribution in [-0.2, 0) is 9.59 Å². The van der Waals surface area contributed by atoms with Gasteiger partial charge in [0.25, 0.3) is 11.8 Å². The number of thiocarbonyl (C=S) groups is 1. The zero-order chi connectivity index (χ0) is 19.7. The number of phenols is 1. The maximum atomic E-state index is 12.8. The average Bonchev–Trinajstić information content (AvgIpc) is 2.61. The van der Waals surface area contributed by atoms with Gasteiger partial charge in [-0.05, 0) is 42.6 Å². The van der Waals surface area contributed by atoms with E-state index in [4.69, 9.17) is 23.8 Å². The molecule has 8 nitrogen and oxygen atoms in total. The molecule has 0 saturated carbocycles. The lowest BCUT2D eigenvalue weighted by molar-refractivity contribution is -0.385. The number of benzene rings is 2. The zero-order valence-corrected chi connectivity index (χ0v) is 15.0. The van der Waals surface area contributed by atoms with Gasteiger partial charge in [-0.3, -0.25) is 29.9 Å². The first-order valence-corrected chi connectivity index (χ1v) is 8.21. The summed E-state index contributed by atoms with van der Waals surface area (Å²) in [4.78, 5) is 36.3. The molecule has 2 aromatic rings. The van der Waals surface area contributed by atoms with E-state index in [1.54, 1.807) is 24.3 Å². The van der Waals surface area contributed by atoms with E-state index in [0.717, 1.165) is 17.0 Å². The normalized spacial score (nSPS) is 15.8. The van der Waals surface area contributed by atoms with Crippen molar-refractivity contribution in [1.29, 1.82) is 0 Å². The SMILES string of the molecule is O=C1NC(=S)N(c2ccc(Cl)cc2)C(=O)/C1=C/c1cccc([N+](=O)[O-])c1O. The van der Waals surface area contributed by atoms with E-state index in [9.17, 15) is 24.8 Å². The van der Waals surface area contributed by atoms with Gasteiger partial charge in [-0.25, -0.2) is 0 Å². The monoisotopic (exact) mass is 403 g/mol. The van der Waals surface area contributed by atoms with E-state index < -0.39 is 28.2 Å². The van der Waals surface area contributed by atoms with Gasteiger partial charge < -0.3 is 5.11 Å². The molecule has 0 atom stereocenters. The van der Waals surface area contributed by atoms with Gasteiger partial charge in [0.05, 0.1) is 10.6 Å². The smallest absolute Gasteiger partial charge is 0.311 e. The summed E-state index contributed by atoms with van der Waals surface area (Å²) in [6, 6.07) is 9.98. The van der Waals surface area contributed by atoms with Crippen LogP contribution in [0, 0.1) is 10.1 Å². The number of para-hydroxylation sites is 1. The number of nitrogens with one attached hydrogen (secondary N) is 1. The summed E-state index contributed by atoms with van der Waals surface area (Å²) >= 11 is 10.9. The molecule has 27 heavy (non-hydrogen) atoms. The lowest BCUT2D eigenvalue weighted by Gasteiger charge is -2.28. The fraction of sp³-hybridized carbons (Fsp3) is 0. The maximum Gasteiger partial charge on any atom is 0.311 e. The van der Waals surface area contributed by atoms with Crippen LogP contribution in [0.25, 0.3) is 6.08 Å². The van der Waals surface area contributed by atoms with Gasteiger partial charge in [-0.1, -0.05) is 23.7 Å². The van der Waals surface area contributed by atoms with Crippen molar-refractivity contribution in [2.75, 3.05) is 4.90 Å². The molecule has 0 spiro atoms. The first-order chi connectivity index (χ1) is 12.8. The van der Waals surface area contributed by atoms with Gasteiger partial charge >= 0.3 is 5.69 Å². The minimum Gasteiger partial charge on any atom is -0.502 e. The average molecular weight is 404 g/mol. The minimum absolute atomic E-state index is 0.0495. The van der Waals surface area contributed by atoms with Crippen LogP contribution >= 0.6 is 23.8 Å². The Morgan fingerprint density at radius 2 is 1.85 bits per heavy atom. The molecular weight excluding hydrogens is 394 g/mol. The second kappa shape index (κ2) is 7.14. The molecule has 1 aliphatic heterocycles. The Kier molecular flexibility index (Phi) is 4.89. The van der Waals surface area contributed by atoms with Crippen molar-refractivity contribution in [2.45, 2.75) is 0 Å². The molecule has 1 heterocycles. The van der Waals surface area contributed by atoms with Crippen LogP contribution in [0.4, 0.5) is 11.4 Å². The third-order valence-corrected chi connectivity index (χ3v) is 4.27. The van der Waals surface area contributed by atoms with Crippen LogP contribution in [0.1, 0.15) is 5.56 Å². The highest BCUT2D eigenvalue weighted by molar-refractivity contribution is 7.80. The molecule has 1 aliphatic rings. The Labute approximate surface area is 162 Å². The molecule has 3 rings (SSSR count). The Morgan fingerprint density at radius 3 is 2.48 bits per heavy atom. The fourth-order valence-corrected chi connectivity index (χ4v) is 2.86. The predicted octanol–water partition coefficient (Wildman–Crippen LogP) is 2.79. The highest BCUT2D eigenvalue weighted by atomic mass is 35.5. The second-order valence-corrected chi connectivity index (χ2v) is 6.23. The number of phenolic OH excluding ortho intramolecular Hbond substituents is 1. The molecule has 0 radical (unpaired) electrons. The second-order valence-electron chi connectivity index (χ2n) is 5.41. The van der Waals surface area contributed by atoms with Crippen molar-refractivity contribution in [3.63, 3.8) is 0 Å². The summed E-state index contributed by atoms with van der Waals surface area (Å²) in [6.07, 6.45) is 1.07. The summed E-state index contributed by atoms with van der Waals surface area (Å²) in [6.45, 7) is 0. The number of nitrogens with zero attached hydrogens (tertiary/aromatic N) is 2. The molecule has 136 valence electrons. The van der Waals surface area contributed by atoms with Crippen LogP contribution in [0.5, 0.6) is 5.75 Å². The van der Waals surface area contributed by atoms with Crippen LogP contribution < -0.4 is 10.2 Å². The van der Waals surface area contributed by atoms with E-state index >= 15 is 0 Å². The Hall–Kier alpha value is -3.30. The summed E-state index contributed by atoms with van der Waals surface area (Å²) in [7, 11) is 0. The molecule has 0 aromatic heterocycles. The van der Waals surface area contributed by atoms with Crippen LogP contribution in [0.2, 0.25) is 5.02 Å². The van der Waals surface area contributed by atoms with Gasteiger partial charge in [0.15, 0.2) is 5.11 Å². The van der Waals surface area contributed by atoms with E-state index in [1.807, 2.05) is 0 Å².